The molecule has 0 saturated heterocycles. The number of nitrogens with one attached hydrogen (secondary N) is 2. The number of hydrogen-bond acceptors (Lipinski definition) is 8. The quantitative estimate of drug-likeness (QED) is 0.0792. The minimum absolute atomic E-state index is 0.00290. The first-order valence-corrected chi connectivity index (χ1v) is 18.9. The predicted octanol–water partition coefficient (Wildman–Crippen LogP) is 3.45. The van der Waals surface area contributed by atoms with Gasteiger partial charge in [-0.2, -0.15) is 0 Å². The van der Waals surface area contributed by atoms with E-state index in [1.165, 1.54) is 0 Å². The molecule has 2 amide bonds. The Morgan fingerprint density at radius 3 is 1.48 bits per heavy atom. The zero-order chi connectivity index (χ0) is 39.8. The number of carboxylic acid groups (broad SMARTS) is 2. The van der Waals surface area contributed by atoms with Gasteiger partial charge in [-0.05, 0) is 61.1 Å². The van der Waals surface area contributed by atoms with Crippen LogP contribution in [0.3, 0.4) is 0 Å². The lowest BCUT2D eigenvalue weighted by Crippen LogP contribution is -2.60. The molecular formula is C40H60N4O10+2. The first-order chi connectivity index (χ1) is 25.3. The first kappa shape index (κ1) is 42.5. The summed E-state index contributed by atoms with van der Waals surface area (Å²) >= 11 is 0. The normalized spacial score (nSPS) is 22.0. The van der Waals surface area contributed by atoms with Crippen molar-refractivity contribution in [2.45, 2.75) is 83.0 Å². The van der Waals surface area contributed by atoms with Crippen molar-refractivity contribution in [3.05, 3.63) is 59.7 Å². The topological polar surface area (TPSA) is 192 Å². The fourth-order valence-electron chi connectivity index (χ4n) is 7.78. The van der Waals surface area contributed by atoms with Crippen LogP contribution in [0.15, 0.2) is 48.5 Å². The summed E-state index contributed by atoms with van der Waals surface area (Å²) in [5, 5.41) is 40.6. The van der Waals surface area contributed by atoms with E-state index in [2.05, 4.69) is 24.7 Å². The minimum Gasteiger partial charge on any atom is -0.491 e. The lowest BCUT2D eigenvalue weighted by Gasteiger charge is -2.34. The van der Waals surface area contributed by atoms with Gasteiger partial charge >= 0.3 is 11.9 Å². The van der Waals surface area contributed by atoms with E-state index in [0.717, 1.165) is 36.8 Å². The van der Waals surface area contributed by atoms with E-state index < -0.39 is 53.4 Å². The SMILES string of the molecule is CC(C)(c1ccc(OCC(O)C[N+](C)(C)NC(=O)C2CCCCC2C(=O)O)cc1)c1ccc(OC(O)C[N+](C)(C)NC(=O)C2CCCCC2C(=O)O)cc1. The van der Waals surface area contributed by atoms with Gasteiger partial charge in [0.1, 0.15) is 30.8 Å². The maximum atomic E-state index is 13.0. The van der Waals surface area contributed by atoms with E-state index in [4.69, 9.17) is 9.47 Å². The Morgan fingerprint density at radius 2 is 1.06 bits per heavy atom. The van der Waals surface area contributed by atoms with Crippen molar-refractivity contribution < 1.29 is 58.3 Å². The van der Waals surface area contributed by atoms with Gasteiger partial charge in [0.15, 0.2) is 6.54 Å². The van der Waals surface area contributed by atoms with Crippen molar-refractivity contribution in [2.75, 3.05) is 47.9 Å². The molecule has 2 aromatic carbocycles. The van der Waals surface area contributed by atoms with E-state index in [1.807, 2.05) is 36.4 Å². The summed E-state index contributed by atoms with van der Waals surface area (Å²) in [6.45, 7) is 4.38. The Kier molecular flexibility index (Phi) is 14.1. The third kappa shape index (κ3) is 11.6. The largest absolute Gasteiger partial charge is 0.491 e. The van der Waals surface area contributed by atoms with Gasteiger partial charge in [0.25, 0.3) is 11.8 Å². The van der Waals surface area contributed by atoms with Gasteiger partial charge in [0.05, 0.1) is 51.9 Å². The predicted molar refractivity (Wildman–Crippen MR) is 200 cm³/mol. The maximum absolute atomic E-state index is 13.0. The smallest absolute Gasteiger partial charge is 0.307 e. The Bertz CT molecular complexity index is 1590. The second kappa shape index (κ2) is 17.9. The molecule has 2 aliphatic carbocycles. The fraction of sp³-hybridized carbons (Fsp3) is 0.600. The van der Waals surface area contributed by atoms with Gasteiger partial charge < -0.3 is 29.9 Å². The van der Waals surface area contributed by atoms with Crippen LogP contribution in [0.1, 0.15) is 76.3 Å². The molecule has 2 saturated carbocycles. The number of aliphatic hydroxyl groups is 2. The van der Waals surface area contributed by atoms with E-state index in [9.17, 15) is 39.6 Å². The van der Waals surface area contributed by atoms with Crippen LogP contribution in [0.4, 0.5) is 0 Å². The number of amides is 2. The lowest BCUT2D eigenvalue weighted by atomic mass is 9.78. The molecule has 4 rings (SSSR count). The number of carbonyl (C=O) groups is 4. The highest BCUT2D eigenvalue weighted by atomic mass is 16.6. The van der Waals surface area contributed by atoms with Crippen molar-refractivity contribution in [3.8, 4) is 11.5 Å². The third-order valence-corrected chi connectivity index (χ3v) is 10.8. The molecule has 14 heteroatoms. The number of benzene rings is 2. The van der Waals surface area contributed by atoms with Crippen LogP contribution in [-0.4, -0.2) is 114 Å². The van der Waals surface area contributed by atoms with Crippen LogP contribution in [0.25, 0.3) is 0 Å². The minimum atomic E-state index is -1.23. The number of carbonyl (C=O) groups excluding carboxylic acids is 2. The highest BCUT2D eigenvalue weighted by molar-refractivity contribution is 5.84. The zero-order valence-electron chi connectivity index (χ0n) is 32.5. The molecule has 2 aliphatic rings. The van der Waals surface area contributed by atoms with Crippen LogP contribution >= 0.6 is 0 Å². The summed E-state index contributed by atoms with van der Waals surface area (Å²) in [6.07, 6.45) is 3.12. The second-order valence-corrected chi connectivity index (χ2v) is 16.6. The van der Waals surface area contributed by atoms with Crippen LogP contribution in [0.5, 0.6) is 11.5 Å². The molecule has 0 spiro atoms. The molecule has 6 N–H and O–H groups in total. The Balaban J connectivity index is 1.25. The number of aliphatic carboxylic acids is 2. The average Bonchev–Trinajstić information content (AvgIpc) is 3.10. The Morgan fingerprint density at radius 1 is 0.667 bits per heavy atom. The molecule has 0 aromatic heterocycles. The molecular weight excluding hydrogens is 696 g/mol. The molecule has 0 bridgehead atoms. The molecule has 54 heavy (non-hydrogen) atoms. The second-order valence-electron chi connectivity index (χ2n) is 16.6. The van der Waals surface area contributed by atoms with Crippen LogP contribution < -0.4 is 20.3 Å². The van der Waals surface area contributed by atoms with E-state index in [0.29, 0.717) is 37.2 Å². The summed E-state index contributed by atoms with van der Waals surface area (Å²) in [5.41, 5.74) is 7.38. The van der Waals surface area contributed by atoms with Gasteiger partial charge in [0, 0.05) is 5.41 Å². The lowest BCUT2D eigenvalue weighted by molar-refractivity contribution is -0.930. The van der Waals surface area contributed by atoms with Crippen molar-refractivity contribution in [1.29, 1.82) is 0 Å². The number of carboxylic acids is 2. The number of rotatable bonds is 17. The van der Waals surface area contributed by atoms with Crippen molar-refractivity contribution in [1.82, 2.24) is 10.9 Å². The molecule has 0 radical (unpaired) electrons. The van der Waals surface area contributed by atoms with Crippen LogP contribution in [0.2, 0.25) is 0 Å². The number of nitrogens with zero attached hydrogens (tertiary/aromatic N) is 2. The number of aliphatic hydroxyl groups excluding tert-OH is 2. The van der Waals surface area contributed by atoms with Gasteiger partial charge in [-0.3, -0.25) is 19.2 Å². The van der Waals surface area contributed by atoms with E-state index in [-0.39, 0.29) is 40.7 Å². The maximum Gasteiger partial charge on any atom is 0.307 e. The van der Waals surface area contributed by atoms with Crippen LogP contribution in [-0.2, 0) is 24.6 Å². The summed E-state index contributed by atoms with van der Waals surface area (Å²) < 4.78 is 11.5. The molecule has 2 aromatic rings. The van der Waals surface area contributed by atoms with Crippen molar-refractivity contribution >= 4 is 23.8 Å². The number of ether oxygens (including phenoxy) is 2. The molecule has 6 atom stereocenters. The number of quaternary nitrogens is 2. The molecule has 6 unspecified atom stereocenters. The van der Waals surface area contributed by atoms with Gasteiger partial charge in [-0.25, -0.2) is 20.0 Å². The molecule has 0 heterocycles. The Labute approximate surface area is 318 Å². The zero-order valence-corrected chi connectivity index (χ0v) is 32.5. The highest BCUT2D eigenvalue weighted by Gasteiger charge is 2.40. The first-order valence-electron chi connectivity index (χ1n) is 18.9. The van der Waals surface area contributed by atoms with Gasteiger partial charge in [-0.1, -0.05) is 63.8 Å². The van der Waals surface area contributed by atoms with Crippen molar-refractivity contribution in [2.24, 2.45) is 23.7 Å². The average molecular weight is 757 g/mol. The molecule has 0 aliphatic heterocycles. The van der Waals surface area contributed by atoms with E-state index >= 15 is 0 Å². The summed E-state index contributed by atoms with van der Waals surface area (Å²) in [7, 11) is 6.93. The molecule has 298 valence electrons. The van der Waals surface area contributed by atoms with Crippen molar-refractivity contribution in [3.63, 3.8) is 0 Å². The number of likely N-dealkylation sites (N-methyl/N-ethyl adjacent to an activating group) is 2. The standard InChI is InChI=1S/C40H58N4O10/c1-40(2,27-17-21-30(22-18-27)54-35(46)24-44(5,6)42-37(48)32-12-8-10-14-34(32)39(51)52)26-15-19-29(20-16-26)53-25-28(45)23-43(3,4)41-36(47)31-11-7-9-13-33(31)38(49)50/h15-22,28,31-35,45-46H,7-14,23-25H2,1-6H3,(H2-2,41,42,47,48,49,50,51,52)/p+2. The monoisotopic (exact) mass is 756 g/mol. The third-order valence-electron chi connectivity index (χ3n) is 10.8. The summed E-state index contributed by atoms with van der Waals surface area (Å²) in [4.78, 5) is 49.3. The number of hydrogen-bond donors (Lipinski definition) is 6. The van der Waals surface area contributed by atoms with E-state index in [1.54, 1.807) is 40.3 Å². The molecule has 2 fully saturated rings. The van der Waals surface area contributed by atoms with Crippen LogP contribution in [0, 0.1) is 23.7 Å². The summed E-state index contributed by atoms with van der Waals surface area (Å²) in [5.74, 6) is -4.11. The van der Waals surface area contributed by atoms with Gasteiger partial charge in [-0.15, -0.1) is 0 Å². The Hall–Kier alpha value is -4.24. The fourth-order valence-corrected chi connectivity index (χ4v) is 7.78. The highest BCUT2D eigenvalue weighted by Crippen LogP contribution is 2.34. The van der Waals surface area contributed by atoms with Gasteiger partial charge in [0.2, 0.25) is 6.29 Å². The summed E-state index contributed by atoms with van der Waals surface area (Å²) in [6, 6.07) is 15.0. The molecule has 14 nitrogen and oxygen atoms in total.